The topological polar surface area (TPSA) is 58.9 Å². The first kappa shape index (κ1) is 12.7. The van der Waals surface area contributed by atoms with Gasteiger partial charge >= 0.3 is 0 Å². The summed E-state index contributed by atoms with van der Waals surface area (Å²) in [5.41, 5.74) is 1.91. The van der Waals surface area contributed by atoms with E-state index in [-0.39, 0.29) is 5.92 Å². The van der Waals surface area contributed by atoms with Gasteiger partial charge in [0, 0.05) is 0 Å². The highest BCUT2D eigenvalue weighted by Crippen LogP contribution is 2.47. The predicted octanol–water partition coefficient (Wildman–Crippen LogP) is 3.34. The molecule has 0 fully saturated rings. The van der Waals surface area contributed by atoms with E-state index in [4.69, 9.17) is 0 Å². The first-order chi connectivity index (χ1) is 10.8. The number of carbonyl (C=O) groups excluding carboxylic acids is 2. The van der Waals surface area contributed by atoms with E-state index >= 15 is 0 Å². The molecule has 4 rings (SSSR count). The number of nitrogens with zero attached hydrogens (tertiary/aromatic N) is 2. The second kappa shape index (κ2) is 4.47. The lowest BCUT2D eigenvalue weighted by Gasteiger charge is -2.34. The lowest BCUT2D eigenvalue weighted by Crippen LogP contribution is -2.32. The standard InChI is InChI=1S/C18H10N2O2/c21-10-19-18(20-11-22)9-8-14-5-4-12-2-1-3-13-6-7-15(18)17(14)16(12)13/h1-9,15H. The Morgan fingerprint density at radius 1 is 0.955 bits per heavy atom. The Labute approximate surface area is 126 Å². The SMILES string of the molecule is O=C=NC1(N=C=O)C=Cc2ccc3cccc4c3c2C1C=C4. The zero-order chi connectivity index (χ0) is 15.2. The van der Waals surface area contributed by atoms with Crippen LogP contribution in [0.4, 0.5) is 0 Å². The van der Waals surface area contributed by atoms with E-state index < -0.39 is 5.66 Å². The van der Waals surface area contributed by atoms with Crippen molar-refractivity contribution in [2.75, 3.05) is 0 Å². The summed E-state index contributed by atoms with van der Waals surface area (Å²) in [6, 6.07) is 10.2. The summed E-state index contributed by atoms with van der Waals surface area (Å²) in [5.74, 6) is -0.311. The highest BCUT2D eigenvalue weighted by Gasteiger charge is 2.42. The number of benzene rings is 2. The second-order valence-corrected chi connectivity index (χ2v) is 5.37. The van der Waals surface area contributed by atoms with E-state index in [2.05, 4.69) is 16.1 Å². The van der Waals surface area contributed by atoms with Crippen molar-refractivity contribution in [3.63, 3.8) is 0 Å². The van der Waals surface area contributed by atoms with Crippen LogP contribution in [-0.2, 0) is 9.59 Å². The fourth-order valence-electron chi connectivity index (χ4n) is 3.42. The molecule has 0 heterocycles. The van der Waals surface area contributed by atoms with Crippen molar-refractivity contribution in [1.29, 1.82) is 0 Å². The average Bonchev–Trinajstić information content (AvgIpc) is 2.55. The van der Waals surface area contributed by atoms with Crippen LogP contribution in [-0.4, -0.2) is 17.8 Å². The molecule has 0 amide bonds. The predicted molar refractivity (Wildman–Crippen MR) is 83.7 cm³/mol. The first-order valence-electron chi connectivity index (χ1n) is 6.90. The second-order valence-electron chi connectivity index (χ2n) is 5.37. The number of aliphatic imine (C=N–C) groups is 2. The molecule has 0 saturated heterocycles. The molecule has 0 N–H and O–H groups in total. The number of hydrogen-bond donors (Lipinski definition) is 0. The molecule has 2 aliphatic carbocycles. The summed E-state index contributed by atoms with van der Waals surface area (Å²) in [4.78, 5) is 29.4. The van der Waals surface area contributed by atoms with Crippen LogP contribution < -0.4 is 0 Å². The molecule has 0 aliphatic heterocycles. The molecule has 22 heavy (non-hydrogen) atoms. The Morgan fingerprint density at radius 3 is 2.55 bits per heavy atom. The van der Waals surface area contributed by atoms with Crippen molar-refractivity contribution < 1.29 is 9.59 Å². The van der Waals surface area contributed by atoms with Crippen LogP contribution in [0.5, 0.6) is 0 Å². The Kier molecular flexibility index (Phi) is 2.57. The largest absolute Gasteiger partial charge is 0.237 e. The molecule has 0 saturated carbocycles. The van der Waals surface area contributed by atoms with Gasteiger partial charge in [0.15, 0.2) is 0 Å². The molecule has 0 spiro atoms. The Morgan fingerprint density at radius 2 is 1.77 bits per heavy atom. The minimum Gasteiger partial charge on any atom is -0.211 e. The van der Waals surface area contributed by atoms with Gasteiger partial charge in [-0.1, -0.05) is 48.6 Å². The van der Waals surface area contributed by atoms with E-state index in [9.17, 15) is 9.59 Å². The third-order valence-electron chi connectivity index (χ3n) is 4.35. The molecular weight excluding hydrogens is 276 g/mol. The lowest BCUT2D eigenvalue weighted by atomic mass is 9.74. The van der Waals surface area contributed by atoms with E-state index in [0.717, 1.165) is 27.5 Å². The van der Waals surface area contributed by atoms with Gasteiger partial charge in [-0.15, -0.1) is 0 Å². The van der Waals surface area contributed by atoms with Gasteiger partial charge < -0.3 is 0 Å². The van der Waals surface area contributed by atoms with Crippen LogP contribution in [0.2, 0.25) is 0 Å². The van der Waals surface area contributed by atoms with E-state index in [1.165, 1.54) is 0 Å². The zero-order valence-electron chi connectivity index (χ0n) is 11.5. The molecular formula is C18H10N2O2. The highest BCUT2D eigenvalue weighted by atomic mass is 16.1. The third kappa shape index (κ3) is 1.54. The molecule has 4 heteroatoms. The Bertz CT molecular complexity index is 940. The Hall–Kier alpha value is -3.06. The first-order valence-corrected chi connectivity index (χ1v) is 6.90. The van der Waals surface area contributed by atoms with E-state index in [1.807, 2.05) is 42.5 Å². The number of hydrogen-bond acceptors (Lipinski definition) is 4. The molecule has 0 bridgehead atoms. The summed E-state index contributed by atoms with van der Waals surface area (Å²) >= 11 is 0. The monoisotopic (exact) mass is 286 g/mol. The van der Waals surface area contributed by atoms with Gasteiger partial charge in [0.05, 0.1) is 5.92 Å². The molecule has 2 aromatic carbocycles. The summed E-state index contributed by atoms with van der Waals surface area (Å²) < 4.78 is 0. The molecule has 2 aromatic rings. The van der Waals surface area contributed by atoms with Crippen molar-refractivity contribution in [3.05, 3.63) is 59.2 Å². The third-order valence-corrected chi connectivity index (χ3v) is 4.35. The molecule has 2 aliphatic rings. The molecule has 4 nitrogen and oxygen atoms in total. The normalized spacial score (nSPS) is 23.7. The minimum absolute atomic E-state index is 0.311. The fraction of sp³-hybridized carbons (Fsp3) is 0.111. The number of isocyanates is 2. The van der Waals surface area contributed by atoms with Gasteiger partial charge in [0.25, 0.3) is 0 Å². The molecule has 104 valence electrons. The van der Waals surface area contributed by atoms with Crippen LogP contribution in [0, 0.1) is 0 Å². The molecule has 1 atom stereocenters. The highest BCUT2D eigenvalue weighted by molar-refractivity contribution is 5.98. The van der Waals surface area contributed by atoms with E-state index in [0.29, 0.717) is 0 Å². The smallest absolute Gasteiger partial charge is 0.211 e. The van der Waals surface area contributed by atoms with Gasteiger partial charge in [-0.05, 0) is 33.5 Å². The van der Waals surface area contributed by atoms with Gasteiger partial charge in [0.1, 0.15) is 0 Å². The maximum atomic E-state index is 10.9. The van der Waals surface area contributed by atoms with Crippen molar-refractivity contribution >= 4 is 35.1 Å². The van der Waals surface area contributed by atoms with Crippen LogP contribution in [0.25, 0.3) is 22.9 Å². The average molecular weight is 286 g/mol. The number of rotatable bonds is 2. The van der Waals surface area contributed by atoms with Crippen LogP contribution >= 0.6 is 0 Å². The van der Waals surface area contributed by atoms with Crippen molar-refractivity contribution in [2.45, 2.75) is 11.6 Å². The van der Waals surface area contributed by atoms with Gasteiger partial charge in [-0.3, -0.25) is 0 Å². The maximum Gasteiger partial charge on any atom is 0.237 e. The minimum atomic E-state index is -1.28. The summed E-state index contributed by atoms with van der Waals surface area (Å²) in [7, 11) is 0. The van der Waals surface area contributed by atoms with Crippen molar-refractivity contribution in [1.82, 2.24) is 0 Å². The Balaban J connectivity index is 2.13. The quantitative estimate of drug-likeness (QED) is 0.628. The lowest BCUT2D eigenvalue weighted by molar-refractivity contribution is 0.479. The molecule has 1 unspecified atom stereocenters. The molecule has 0 radical (unpaired) electrons. The summed E-state index contributed by atoms with van der Waals surface area (Å²) in [6.07, 6.45) is 10.5. The maximum absolute atomic E-state index is 10.9. The van der Waals surface area contributed by atoms with E-state index in [1.54, 1.807) is 18.2 Å². The zero-order valence-corrected chi connectivity index (χ0v) is 11.5. The van der Waals surface area contributed by atoms with Crippen LogP contribution in [0.3, 0.4) is 0 Å². The fourth-order valence-corrected chi connectivity index (χ4v) is 3.42. The van der Waals surface area contributed by atoms with Crippen LogP contribution in [0.1, 0.15) is 22.6 Å². The van der Waals surface area contributed by atoms with Crippen molar-refractivity contribution in [3.8, 4) is 0 Å². The summed E-state index contributed by atoms with van der Waals surface area (Å²) in [5, 5.41) is 2.23. The molecule has 0 aromatic heterocycles. The summed E-state index contributed by atoms with van der Waals surface area (Å²) in [6.45, 7) is 0. The van der Waals surface area contributed by atoms with Gasteiger partial charge in [-0.2, -0.15) is 9.98 Å². The van der Waals surface area contributed by atoms with Gasteiger partial charge in [-0.25, -0.2) is 9.59 Å². The van der Waals surface area contributed by atoms with Gasteiger partial charge in [0.2, 0.25) is 17.8 Å². The van der Waals surface area contributed by atoms with Crippen LogP contribution in [0.15, 0.2) is 52.5 Å². The van der Waals surface area contributed by atoms with Crippen molar-refractivity contribution in [2.24, 2.45) is 9.98 Å².